The second kappa shape index (κ2) is 2.91. The molecular formula is C5H8F3N3O. The molecule has 0 aromatic carbocycles. The van der Waals surface area contributed by atoms with Crippen LogP contribution in [0.15, 0.2) is 0 Å². The predicted molar refractivity (Wildman–Crippen MR) is 33.7 cm³/mol. The molecule has 1 saturated heterocycles. The van der Waals surface area contributed by atoms with Crippen LogP contribution in [0.3, 0.4) is 0 Å². The molecule has 1 amide bonds. The SMILES string of the molecule is NC1NC(=O)CC(C(F)(F)F)N1. The lowest BCUT2D eigenvalue weighted by Crippen LogP contribution is -2.64. The Labute approximate surface area is 66.3 Å². The molecule has 1 heterocycles. The van der Waals surface area contributed by atoms with Gasteiger partial charge in [0.1, 0.15) is 12.3 Å². The van der Waals surface area contributed by atoms with Gasteiger partial charge in [0.2, 0.25) is 5.91 Å². The molecule has 2 unspecified atom stereocenters. The molecule has 0 aromatic rings. The Morgan fingerprint density at radius 1 is 1.50 bits per heavy atom. The van der Waals surface area contributed by atoms with Crippen LogP contribution in [-0.4, -0.2) is 24.4 Å². The predicted octanol–water partition coefficient (Wildman–Crippen LogP) is -0.731. The van der Waals surface area contributed by atoms with Crippen molar-refractivity contribution in [3.05, 3.63) is 0 Å². The molecule has 0 radical (unpaired) electrons. The van der Waals surface area contributed by atoms with E-state index >= 15 is 0 Å². The molecule has 4 nitrogen and oxygen atoms in total. The fourth-order valence-electron chi connectivity index (χ4n) is 0.945. The van der Waals surface area contributed by atoms with Gasteiger partial charge in [-0.1, -0.05) is 0 Å². The van der Waals surface area contributed by atoms with Crippen molar-refractivity contribution in [3.63, 3.8) is 0 Å². The topological polar surface area (TPSA) is 67.1 Å². The van der Waals surface area contributed by atoms with Crippen LogP contribution in [-0.2, 0) is 4.79 Å². The number of halogens is 3. The smallest absolute Gasteiger partial charge is 0.328 e. The molecular weight excluding hydrogens is 175 g/mol. The number of hydrogen-bond acceptors (Lipinski definition) is 3. The fourth-order valence-corrected chi connectivity index (χ4v) is 0.945. The average molecular weight is 183 g/mol. The molecule has 1 aliphatic rings. The highest BCUT2D eigenvalue weighted by Crippen LogP contribution is 2.23. The first-order chi connectivity index (χ1) is 5.39. The molecule has 70 valence electrons. The largest absolute Gasteiger partial charge is 0.404 e. The number of nitrogens with one attached hydrogen (secondary N) is 2. The van der Waals surface area contributed by atoms with Crippen molar-refractivity contribution in [1.82, 2.24) is 10.6 Å². The van der Waals surface area contributed by atoms with Gasteiger partial charge in [0.05, 0.1) is 6.42 Å². The van der Waals surface area contributed by atoms with Gasteiger partial charge in [-0.2, -0.15) is 13.2 Å². The van der Waals surface area contributed by atoms with Crippen LogP contribution in [0.25, 0.3) is 0 Å². The lowest BCUT2D eigenvalue weighted by atomic mass is 10.1. The number of alkyl halides is 3. The van der Waals surface area contributed by atoms with E-state index in [1.54, 1.807) is 0 Å². The van der Waals surface area contributed by atoms with E-state index in [2.05, 4.69) is 5.32 Å². The zero-order chi connectivity index (χ0) is 9.35. The molecule has 1 aliphatic heterocycles. The maximum Gasteiger partial charge on any atom is 0.404 e. The van der Waals surface area contributed by atoms with Gasteiger partial charge in [-0.3, -0.25) is 15.8 Å². The summed E-state index contributed by atoms with van der Waals surface area (Å²) in [6.07, 6.45) is -6.15. The summed E-state index contributed by atoms with van der Waals surface area (Å²) >= 11 is 0. The van der Waals surface area contributed by atoms with Crippen molar-refractivity contribution in [2.24, 2.45) is 5.73 Å². The van der Waals surface area contributed by atoms with E-state index in [0.717, 1.165) is 0 Å². The molecule has 0 bridgehead atoms. The Balaban J connectivity index is 2.62. The summed E-state index contributed by atoms with van der Waals surface area (Å²) in [6, 6.07) is -1.83. The van der Waals surface area contributed by atoms with E-state index in [1.807, 2.05) is 5.32 Å². The molecule has 0 aliphatic carbocycles. The third-order valence-corrected chi connectivity index (χ3v) is 1.48. The van der Waals surface area contributed by atoms with Crippen molar-refractivity contribution in [3.8, 4) is 0 Å². The molecule has 1 rings (SSSR count). The average Bonchev–Trinajstić information content (AvgIpc) is 1.82. The second-order valence-corrected chi connectivity index (χ2v) is 2.51. The van der Waals surface area contributed by atoms with E-state index in [0.29, 0.717) is 0 Å². The number of hydrogen-bond donors (Lipinski definition) is 3. The minimum absolute atomic E-state index is 0.614. The van der Waals surface area contributed by atoms with E-state index in [1.165, 1.54) is 0 Å². The lowest BCUT2D eigenvalue weighted by Gasteiger charge is -2.30. The number of carbonyl (C=O) groups is 1. The summed E-state index contributed by atoms with van der Waals surface area (Å²) in [4.78, 5) is 10.6. The Bertz CT molecular complexity index is 193. The van der Waals surface area contributed by atoms with Crippen molar-refractivity contribution in [1.29, 1.82) is 0 Å². The number of amides is 1. The summed E-state index contributed by atoms with van der Waals surface area (Å²) in [5.74, 6) is -0.691. The summed E-state index contributed by atoms with van der Waals surface area (Å²) in [5, 5.41) is 4.12. The summed E-state index contributed by atoms with van der Waals surface area (Å²) in [5.41, 5.74) is 5.07. The van der Waals surface area contributed by atoms with Crippen LogP contribution in [0, 0.1) is 0 Å². The van der Waals surface area contributed by atoms with E-state index < -0.39 is 30.8 Å². The molecule has 1 fully saturated rings. The lowest BCUT2D eigenvalue weighted by molar-refractivity contribution is -0.169. The van der Waals surface area contributed by atoms with Gasteiger partial charge in [0.25, 0.3) is 0 Å². The first kappa shape index (κ1) is 9.27. The fraction of sp³-hybridized carbons (Fsp3) is 0.800. The zero-order valence-electron chi connectivity index (χ0n) is 5.98. The van der Waals surface area contributed by atoms with Gasteiger partial charge in [-0.15, -0.1) is 0 Å². The Morgan fingerprint density at radius 2 is 2.08 bits per heavy atom. The van der Waals surface area contributed by atoms with Gasteiger partial charge < -0.3 is 5.32 Å². The van der Waals surface area contributed by atoms with Gasteiger partial charge in [-0.25, -0.2) is 0 Å². The minimum atomic E-state index is -4.42. The van der Waals surface area contributed by atoms with Gasteiger partial charge >= 0.3 is 6.18 Å². The maximum absolute atomic E-state index is 12.0. The van der Waals surface area contributed by atoms with Crippen LogP contribution < -0.4 is 16.4 Å². The normalized spacial score (nSPS) is 31.5. The molecule has 12 heavy (non-hydrogen) atoms. The quantitative estimate of drug-likeness (QED) is 0.463. The van der Waals surface area contributed by atoms with Crippen LogP contribution in [0.2, 0.25) is 0 Å². The van der Waals surface area contributed by atoms with E-state index in [9.17, 15) is 18.0 Å². The third kappa shape index (κ3) is 2.08. The van der Waals surface area contributed by atoms with Crippen molar-refractivity contribution in [2.45, 2.75) is 24.9 Å². The molecule has 2 atom stereocenters. The van der Waals surface area contributed by atoms with Crippen LogP contribution in [0.1, 0.15) is 6.42 Å². The highest BCUT2D eigenvalue weighted by Gasteiger charge is 2.43. The molecule has 0 aromatic heterocycles. The molecule has 7 heteroatoms. The summed E-state index contributed by atoms with van der Waals surface area (Å²) < 4.78 is 36.0. The Hall–Kier alpha value is -0.820. The number of nitrogens with two attached hydrogens (primary N) is 1. The van der Waals surface area contributed by atoms with E-state index in [-0.39, 0.29) is 0 Å². The minimum Gasteiger partial charge on any atom is -0.328 e. The van der Waals surface area contributed by atoms with Crippen molar-refractivity contribution >= 4 is 5.91 Å². The van der Waals surface area contributed by atoms with Gasteiger partial charge in [-0.05, 0) is 0 Å². The second-order valence-electron chi connectivity index (χ2n) is 2.51. The number of rotatable bonds is 0. The van der Waals surface area contributed by atoms with Crippen LogP contribution in [0.5, 0.6) is 0 Å². The molecule has 4 N–H and O–H groups in total. The maximum atomic E-state index is 12.0. The molecule has 0 saturated carbocycles. The zero-order valence-corrected chi connectivity index (χ0v) is 5.98. The van der Waals surface area contributed by atoms with Gasteiger partial charge in [0.15, 0.2) is 0 Å². The van der Waals surface area contributed by atoms with Crippen LogP contribution in [0.4, 0.5) is 13.2 Å². The monoisotopic (exact) mass is 183 g/mol. The Morgan fingerprint density at radius 3 is 2.50 bits per heavy atom. The first-order valence-electron chi connectivity index (χ1n) is 3.27. The first-order valence-corrected chi connectivity index (χ1v) is 3.27. The summed E-state index contributed by atoms with van der Waals surface area (Å²) in [7, 11) is 0. The highest BCUT2D eigenvalue weighted by molar-refractivity contribution is 5.77. The van der Waals surface area contributed by atoms with Gasteiger partial charge in [0, 0.05) is 0 Å². The van der Waals surface area contributed by atoms with Crippen LogP contribution >= 0.6 is 0 Å². The third-order valence-electron chi connectivity index (χ3n) is 1.48. The number of carbonyl (C=O) groups excluding carboxylic acids is 1. The van der Waals surface area contributed by atoms with Crippen molar-refractivity contribution < 1.29 is 18.0 Å². The standard InChI is InChI=1S/C5H8F3N3O/c6-5(7,8)2-1-3(12)11-4(9)10-2/h2,4,10H,1,9H2,(H,11,12). The Kier molecular flexibility index (Phi) is 2.25. The van der Waals surface area contributed by atoms with E-state index in [4.69, 9.17) is 5.73 Å². The van der Waals surface area contributed by atoms with Crippen molar-refractivity contribution in [2.75, 3.05) is 0 Å². The summed E-state index contributed by atoms with van der Waals surface area (Å²) in [6.45, 7) is 0. The highest BCUT2D eigenvalue weighted by atomic mass is 19.4. The molecule has 0 spiro atoms.